The molecule has 1 heterocycles. The number of nitrogens with zero attached hydrogens (tertiary/aromatic N) is 1. The fourth-order valence-corrected chi connectivity index (χ4v) is 3.06. The van der Waals surface area contributed by atoms with Crippen molar-refractivity contribution in [2.24, 2.45) is 0 Å². The molecule has 2 aromatic rings. The summed E-state index contributed by atoms with van der Waals surface area (Å²) in [6.07, 6.45) is 4.07. The minimum Gasteiger partial charge on any atom is -0.508 e. The van der Waals surface area contributed by atoms with Crippen molar-refractivity contribution in [3.63, 3.8) is 0 Å². The first-order valence-electron chi connectivity index (χ1n) is 7.72. The third-order valence-electron chi connectivity index (χ3n) is 4.13. The molecule has 2 aromatic carbocycles. The van der Waals surface area contributed by atoms with Gasteiger partial charge in [0.1, 0.15) is 5.75 Å². The Morgan fingerprint density at radius 2 is 1.95 bits per heavy atom. The van der Waals surface area contributed by atoms with Gasteiger partial charge < -0.3 is 9.84 Å². The molecule has 0 unspecified atom stereocenters. The molecule has 0 bridgehead atoms. The molecule has 3 heteroatoms. The highest BCUT2D eigenvalue weighted by Gasteiger charge is 2.15. The molecular formula is C18H23NO2. The van der Waals surface area contributed by atoms with Crippen LogP contribution in [0.5, 0.6) is 5.75 Å². The zero-order chi connectivity index (χ0) is 14.7. The monoisotopic (exact) mass is 285 g/mol. The van der Waals surface area contributed by atoms with Gasteiger partial charge in [-0.3, -0.25) is 4.90 Å². The van der Waals surface area contributed by atoms with E-state index in [0.29, 0.717) is 11.9 Å². The normalized spacial score (nSPS) is 19.2. The number of benzene rings is 2. The van der Waals surface area contributed by atoms with Gasteiger partial charge in [-0.15, -0.1) is 0 Å². The summed E-state index contributed by atoms with van der Waals surface area (Å²) < 4.78 is 5.80. The number of phenols is 1. The van der Waals surface area contributed by atoms with E-state index in [4.69, 9.17) is 4.74 Å². The van der Waals surface area contributed by atoms with Crippen molar-refractivity contribution in [2.75, 3.05) is 20.2 Å². The number of aromatic hydroxyl groups is 1. The van der Waals surface area contributed by atoms with E-state index >= 15 is 0 Å². The molecule has 1 aliphatic heterocycles. The van der Waals surface area contributed by atoms with Crippen molar-refractivity contribution in [1.82, 2.24) is 4.90 Å². The minimum absolute atomic E-state index is 0.321. The lowest BCUT2D eigenvalue weighted by atomic mass is 10.1. The molecule has 3 rings (SSSR count). The Morgan fingerprint density at radius 3 is 2.76 bits per heavy atom. The summed E-state index contributed by atoms with van der Waals surface area (Å²) in [5.74, 6) is 0.321. The summed E-state index contributed by atoms with van der Waals surface area (Å²) in [5.41, 5.74) is 1.30. The largest absolute Gasteiger partial charge is 0.508 e. The number of hydrogen-bond donors (Lipinski definition) is 1. The van der Waals surface area contributed by atoms with Crippen LogP contribution < -0.4 is 0 Å². The van der Waals surface area contributed by atoms with Gasteiger partial charge in [0.25, 0.3) is 0 Å². The zero-order valence-corrected chi connectivity index (χ0v) is 12.6. The molecule has 1 fully saturated rings. The summed E-state index contributed by atoms with van der Waals surface area (Å²) in [7, 11) is 2.15. The first-order valence-corrected chi connectivity index (χ1v) is 7.72. The van der Waals surface area contributed by atoms with E-state index in [1.807, 2.05) is 6.07 Å². The van der Waals surface area contributed by atoms with E-state index in [0.717, 1.165) is 25.1 Å². The second-order valence-corrected chi connectivity index (χ2v) is 6.05. The average Bonchev–Trinajstić information content (AvgIpc) is 2.48. The van der Waals surface area contributed by atoms with Crippen molar-refractivity contribution < 1.29 is 9.84 Å². The topological polar surface area (TPSA) is 32.7 Å². The van der Waals surface area contributed by atoms with Crippen LogP contribution in [0.1, 0.15) is 24.8 Å². The van der Waals surface area contributed by atoms with Crippen LogP contribution in [-0.4, -0.2) is 36.3 Å². The molecule has 1 saturated heterocycles. The quantitative estimate of drug-likeness (QED) is 0.932. The highest BCUT2D eigenvalue weighted by Crippen LogP contribution is 2.22. The Kier molecular flexibility index (Phi) is 4.42. The number of ether oxygens (including phenoxy) is 1. The molecular weight excluding hydrogens is 262 g/mol. The van der Waals surface area contributed by atoms with Crippen LogP contribution in [-0.2, 0) is 11.3 Å². The van der Waals surface area contributed by atoms with Crippen LogP contribution in [0, 0.1) is 0 Å². The maximum atomic E-state index is 9.51. The summed E-state index contributed by atoms with van der Waals surface area (Å²) in [5, 5.41) is 11.8. The predicted molar refractivity (Wildman–Crippen MR) is 85.5 cm³/mol. The molecule has 112 valence electrons. The smallest absolute Gasteiger partial charge is 0.116 e. The Morgan fingerprint density at radius 1 is 1.14 bits per heavy atom. The molecule has 1 N–H and O–H groups in total. The van der Waals surface area contributed by atoms with Gasteiger partial charge in [0.2, 0.25) is 0 Å². The third kappa shape index (κ3) is 3.74. The van der Waals surface area contributed by atoms with E-state index in [1.54, 1.807) is 12.1 Å². The maximum absolute atomic E-state index is 9.51. The zero-order valence-electron chi connectivity index (χ0n) is 12.6. The van der Waals surface area contributed by atoms with Crippen molar-refractivity contribution in [3.05, 3.63) is 42.0 Å². The lowest BCUT2D eigenvalue weighted by Crippen LogP contribution is -2.33. The molecule has 0 aromatic heterocycles. The van der Waals surface area contributed by atoms with Crippen LogP contribution in [0.25, 0.3) is 10.8 Å². The minimum atomic E-state index is 0.321. The number of phenolic OH excluding ortho intramolecular Hbond substituents is 1. The third-order valence-corrected chi connectivity index (χ3v) is 4.13. The van der Waals surface area contributed by atoms with Gasteiger partial charge in [-0.05, 0) is 60.8 Å². The summed E-state index contributed by atoms with van der Waals surface area (Å²) in [4.78, 5) is 2.33. The average molecular weight is 285 g/mol. The molecule has 1 aliphatic rings. The van der Waals surface area contributed by atoms with Crippen LogP contribution in [0.2, 0.25) is 0 Å². The molecule has 0 spiro atoms. The van der Waals surface area contributed by atoms with Gasteiger partial charge in [0, 0.05) is 19.7 Å². The van der Waals surface area contributed by atoms with Gasteiger partial charge >= 0.3 is 0 Å². The van der Waals surface area contributed by atoms with Crippen molar-refractivity contribution in [2.45, 2.75) is 31.9 Å². The number of rotatable bonds is 4. The SMILES string of the molecule is CN(Cc1ccc2cc(O)ccc2c1)C[C@H]1CCCCO1. The summed E-state index contributed by atoms with van der Waals surface area (Å²) in [6, 6.07) is 11.9. The number of fused-ring (bicyclic) bond motifs is 1. The van der Waals surface area contributed by atoms with E-state index < -0.39 is 0 Å². The summed E-state index contributed by atoms with van der Waals surface area (Å²) in [6.45, 7) is 2.84. The molecule has 3 nitrogen and oxygen atoms in total. The highest BCUT2D eigenvalue weighted by molar-refractivity contribution is 5.84. The second-order valence-electron chi connectivity index (χ2n) is 6.05. The van der Waals surface area contributed by atoms with Gasteiger partial charge in [0.15, 0.2) is 0 Å². The van der Waals surface area contributed by atoms with Crippen LogP contribution >= 0.6 is 0 Å². The fourth-order valence-electron chi connectivity index (χ4n) is 3.06. The first kappa shape index (κ1) is 14.4. The van der Waals surface area contributed by atoms with Gasteiger partial charge in [-0.1, -0.05) is 18.2 Å². The van der Waals surface area contributed by atoms with Crippen molar-refractivity contribution in [1.29, 1.82) is 0 Å². The predicted octanol–water partition coefficient (Wildman–Crippen LogP) is 3.55. The maximum Gasteiger partial charge on any atom is 0.116 e. The number of hydrogen-bond acceptors (Lipinski definition) is 3. The van der Waals surface area contributed by atoms with E-state index in [-0.39, 0.29) is 0 Å². The van der Waals surface area contributed by atoms with Crippen molar-refractivity contribution >= 4 is 10.8 Å². The number of likely N-dealkylation sites (N-methyl/N-ethyl adjacent to an activating group) is 1. The Bertz CT molecular complexity index is 605. The Balaban J connectivity index is 1.65. The fraction of sp³-hybridized carbons (Fsp3) is 0.444. The highest BCUT2D eigenvalue weighted by atomic mass is 16.5. The Labute approximate surface area is 126 Å². The van der Waals surface area contributed by atoms with Crippen LogP contribution in [0.3, 0.4) is 0 Å². The molecule has 0 amide bonds. The molecule has 0 aliphatic carbocycles. The molecule has 0 radical (unpaired) electrons. The van der Waals surface area contributed by atoms with Crippen LogP contribution in [0.15, 0.2) is 36.4 Å². The second kappa shape index (κ2) is 6.46. The molecule has 21 heavy (non-hydrogen) atoms. The van der Waals surface area contributed by atoms with Gasteiger partial charge in [-0.2, -0.15) is 0 Å². The summed E-state index contributed by atoms with van der Waals surface area (Å²) >= 11 is 0. The first-order chi connectivity index (χ1) is 10.2. The molecule has 1 atom stereocenters. The standard InChI is InChI=1S/C18H23NO2/c1-19(13-18-4-2-3-9-21-18)12-14-5-6-16-11-17(20)8-7-15(16)10-14/h5-8,10-11,18,20H,2-4,9,12-13H2,1H3/t18-/m1/s1. The van der Waals surface area contributed by atoms with Crippen LogP contribution in [0.4, 0.5) is 0 Å². The van der Waals surface area contributed by atoms with Gasteiger partial charge in [-0.25, -0.2) is 0 Å². The van der Waals surface area contributed by atoms with E-state index in [9.17, 15) is 5.11 Å². The molecule has 0 saturated carbocycles. The Hall–Kier alpha value is -1.58. The lowest BCUT2D eigenvalue weighted by Gasteiger charge is -2.27. The lowest BCUT2D eigenvalue weighted by molar-refractivity contribution is -0.00258. The van der Waals surface area contributed by atoms with E-state index in [2.05, 4.69) is 30.1 Å². The van der Waals surface area contributed by atoms with E-state index in [1.165, 1.54) is 30.2 Å². The van der Waals surface area contributed by atoms with Crippen molar-refractivity contribution in [3.8, 4) is 5.75 Å². The van der Waals surface area contributed by atoms with Gasteiger partial charge in [0.05, 0.1) is 6.10 Å².